The molecule has 0 saturated heterocycles. The summed E-state index contributed by atoms with van der Waals surface area (Å²) in [4.78, 5) is 11.0. The van der Waals surface area contributed by atoms with Gasteiger partial charge in [0.1, 0.15) is 0 Å². The maximum Gasteiger partial charge on any atom is 0.368 e. The standard InChI is InChI=1S/C9H5ClF4O/c10-6-4-2-1-3-5(6)7(15)9(13,14)8(11)12/h1-4,8H. The number of Topliss-reactive ketones (excluding diaryl/α,β-unsaturated/α-hetero) is 1. The topological polar surface area (TPSA) is 17.1 Å². The third kappa shape index (κ3) is 2.28. The fourth-order valence-electron chi connectivity index (χ4n) is 0.924. The summed E-state index contributed by atoms with van der Waals surface area (Å²) in [6, 6.07) is 4.82. The smallest absolute Gasteiger partial charge is 0.287 e. The van der Waals surface area contributed by atoms with Crippen LogP contribution < -0.4 is 0 Å². The van der Waals surface area contributed by atoms with Crippen molar-refractivity contribution in [2.75, 3.05) is 0 Å². The number of hydrogen-bond donors (Lipinski definition) is 0. The number of carbonyl (C=O) groups excluding carboxylic acids is 1. The van der Waals surface area contributed by atoms with E-state index in [-0.39, 0.29) is 5.02 Å². The molecule has 0 heterocycles. The summed E-state index contributed by atoms with van der Waals surface area (Å²) in [7, 11) is 0. The summed E-state index contributed by atoms with van der Waals surface area (Å²) in [5, 5.41) is -0.275. The maximum atomic E-state index is 12.6. The van der Waals surface area contributed by atoms with E-state index in [1.165, 1.54) is 18.2 Å². The SMILES string of the molecule is O=C(c1ccccc1Cl)C(F)(F)C(F)F. The molecule has 0 N–H and O–H groups in total. The molecule has 0 spiro atoms. The summed E-state index contributed by atoms with van der Waals surface area (Å²) in [5.41, 5.74) is -0.607. The van der Waals surface area contributed by atoms with E-state index in [1.807, 2.05) is 0 Å². The van der Waals surface area contributed by atoms with Crippen molar-refractivity contribution in [2.45, 2.75) is 12.3 Å². The van der Waals surface area contributed by atoms with Crippen molar-refractivity contribution in [3.8, 4) is 0 Å². The molecule has 15 heavy (non-hydrogen) atoms. The van der Waals surface area contributed by atoms with Crippen molar-refractivity contribution in [1.29, 1.82) is 0 Å². The summed E-state index contributed by atoms with van der Waals surface area (Å²) in [6.07, 6.45) is -4.04. The van der Waals surface area contributed by atoms with Gasteiger partial charge in [-0.2, -0.15) is 8.78 Å². The van der Waals surface area contributed by atoms with Gasteiger partial charge in [0.05, 0.1) is 5.02 Å². The van der Waals surface area contributed by atoms with Gasteiger partial charge in [-0.1, -0.05) is 23.7 Å². The number of hydrogen-bond acceptors (Lipinski definition) is 1. The Morgan fingerprint density at radius 2 is 1.80 bits per heavy atom. The second-order valence-corrected chi connectivity index (χ2v) is 3.14. The number of carbonyl (C=O) groups is 1. The van der Waals surface area contributed by atoms with Gasteiger partial charge in [-0.05, 0) is 12.1 Å². The first-order valence-electron chi connectivity index (χ1n) is 3.82. The molecule has 0 aliphatic rings. The maximum absolute atomic E-state index is 12.6. The van der Waals surface area contributed by atoms with Crippen molar-refractivity contribution in [3.05, 3.63) is 34.9 Å². The minimum Gasteiger partial charge on any atom is -0.287 e. The van der Waals surface area contributed by atoms with E-state index in [0.717, 1.165) is 6.07 Å². The van der Waals surface area contributed by atoms with Crippen LogP contribution >= 0.6 is 11.6 Å². The quantitative estimate of drug-likeness (QED) is 0.584. The minimum absolute atomic E-state index is 0.275. The first-order chi connectivity index (χ1) is 6.87. The fourth-order valence-corrected chi connectivity index (χ4v) is 1.15. The molecule has 1 aromatic carbocycles. The molecule has 0 aliphatic heterocycles. The van der Waals surface area contributed by atoms with Crippen molar-refractivity contribution >= 4 is 17.4 Å². The largest absolute Gasteiger partial charge is 0.368 e. The number of halogens is 5. The van der Waals surface area contributed by atoms with E-state index in [2.05, 4.69) is 0 Å². The highest BCUT2D eigenvalue weighted by atomic mass is 35.5. The molecule has 1 aromatic rings. The predicted molar refractivity (Wildman–Crippen MR) is 46.7 cm³/mol. The molecule has 1 rings (SSSR count). The van der Waals surface area contributed by atoms with Gasteiger partial charge in [0.25, 0.3) is 0 Å². The van der Waals surface area contributed by atoms with Gasteiger partial charge >= 0.3 is 12.3 Å². The Bertz CT molecular complexity index is 378. The van der Waals surface area contributed by atoms with Crippen molar-refractivity contribution in [1.82, 2.24) is 0 Å². The lowest BCUT2D eigenvalue weighted by Gasteiger charge is -2.14. The summed E-state index contributed by atoms with van der Waals surface area (Å²) < 4.78 is 49.0. The number of rotatable bonds is 3. The third-order valence-corrected chi connectivity index (χ3v) is 2.02. The van der Waals surface area contributed by atoms with E-state index < -0.39 is 23.7 Å². The molecular formula is C9H5ClF4O. The molecule has 0 radical (unpaired) electrons. The molecule has 0 aromatic heterocycles. The molecule has 0 fully saturated rings. The van der Waals surface area contributed by atoms with Crippen LogP contribution in [0.1, 0.15) is 10.4 Å². The van der Waals surface area contributed by atoms with E-state index in [0.29, 0.717) is 0 Å². The Kier molecular flexibility index (Phi) is 3.34. The summed E-state index contributed by atoms with van der Waals surface area (Å²) >= 11 is 5.43. The Morgan fingerprint density at radius 3 is 2.27 bits per heavy atom. The van der Waals surface area contributed by atoms with Gasteiger partial charge < -0.3 is 0 Å². The molecule has 0 bridgehead atoms. The number of benzene rings is 1. The Morgan fingerprint density at radius 1 is 1.27 bits per heavy atom. The van der Waals surface area contributed by atoms with E-state index in [9.17, 15) is 22.4 Å². The molecule has 0 unspecified atom stereocenters. The Labute approximate surface area is 87.7 Å². The van der Waals surface area contributed by atoms with Gasteiger partial charge in [0.2, 0.25) is 5.78 Å². The normalized spacial score (nSPS) is 11.9. The summed E-state index contributed by atoms with van der Waals surface area (Å²) in [5.74, 6) is -6.67. The van der Waals surface area contributed by atoms with Crippen LogP contribution in [0.3, 0.4) is 0 Å². The molecule has 0 amide bonds. The second-order valence-electron chi connectivity index (χ2n) is 2.73. The van der Waals surface area contributed by atoms with Gasteiger partial charge in [0.15, 0.2) is 0 Å². The van der Waals surface area contributed by atoms with Crippen molar-refractivity contribution in [3.63, 3.8) is 0 Å². The molecule has 0 atom stereocenters. The molecule has 6 heteroatoms. The van der Waals surface area contributed by atoms with E-state index in [4.69, 9.17) is 11.6 Å². The first-order valence-corrected chi connectivity index (χ1v) is 4.20. The van der Waals surface area contributed by atoms with Crippen LogP contribution in [-0.4, -0.2) is 18.1 Å². The van der Waals surface area contributed by atoms with Gasteiger partial charge in [-0.15, -0.1) is 0 Å². The molecule has 0 aliphatic carbocycles. The Hall–Kier alpha value is -1.10. The van der Waals surface area contributed by atoms with Crippen molar-refractivity contribution in [2.24, 2.45) is 0 Å². The zero-order chi connectivity index (χ0) is 11.6. The average molecular weight is 241 g/mol. The van der Waals surface area contributed by atoms with Gasteiger partial charge in [0, 0.05) is 5.56 Å². The monoisotopic (exact) mass is 240 g/mol. The van der Waals surface area contributed by atoms with Crippen LogP contribution in [0.5, 0.6) is 0 Å². The molecule has 0 saturated carbocycles. The molecule has 82 valence electrons. The summed E-state index contributed by atoms with van der Waals surface area (Å²) in [6.45, 7) is 0. The van der Waals surface area contributed by atoms with Gasteiger partial charge in [-0.25, -0.2) is 8.78 Å². The minimum atomic E-state index is -4.70. The predicted octanol–water partition coefficient (Wildman–Crippen LogP) is 3.42. The van der Waals surface area contributed by atoms with Crippen LogP contribution in [0.2, 0.25) is 5.02 Å². The highest BCUT2D eigenvalue weighted by Crippen LogP contribution is 2.29. The van der Waals surface area contributed by atoms with Crippen LogP contribution in [0, 0.1) is 0 Å². The number of ketones is 1. The molecule has 1 nitrogen and oxygen atoms in total. The lowest BCUT2D eigenvalue weighted by Crippen LogP contribution is -2.36. The van der Waals surface area contributed by atoms with Gasteiger partial charge in [-0.3, -0.25) is 4.79 Å². The Balaban J connectivity index is 3.11. The zero-order valence-electron chi connectivity index (χ0n) is 7.18. The highest BCUT2D eigenvalue weighted by molar-refractivity contribution is 6.34. The number of alkyl halides is 4. The van der Waals surface area contributed by atoms with Crippen LogP contribution in [-0.2, 0) is 0 Å². The van der Waals surface area contributed by atoms with E-state index >= 15 is 0 Å². The van der Waals surface area contributed by atoms with E-state index in [1.54, 1.807) is 0 Å². The lowest BCUT2D eigenvalue weighted by molar-refractivity contribution is -0.0958. The highest BCUT2D eigenvalue weighted by Gasteiger charge is 2.49. The van der Waals surface area contributed by atoms with Crippen LogP contribution in [0.25, 0.3) is 0 Å². The van der Waals surface area contributed by atoms with Crippen LogP contribution in [0.4, 0.5) is 17.6 Å². The first kappa shape index (κ1) is 12.0. The fraction of sp³-hybridized carbons (Fsp3) is 0.222. The van der Waals surface area contributed by atoms with Crippen LogP contribution in [0.15, 0.2) is 24.3 Å². The lowest BCUT2D eigenvalue weighted by atomic mass is 10.1. The third-order valence-electron chi connectivity index (χ3n) is 1.70. The second kappa shape index (κ2) is 4.18. The zero-order valence-corrected chi connectivity index (χ0v) is 7.94. The van der Waals surface area contributed by atoms with Crippen molar-refractivity contribution < 1.29 is 22.4 Å². The average Bonchev–Trinajstić information content (AvgIpc) is 2.17. The molecular weight excluding hydrogens is 236 g/mol.